The van der Waals surface area contributed by atoms with Crippen molar-refractivity contribution in [1.29, 1.82) is 0 Å². The highest BCUT2D eigenvalue weighted by Gasteiger charge is 2.28. The van der Waals surface area contributed by atoms with E-state index in [-0.39, 0.29) is 12.1 Å². The summed E-state index contributed by atoms with van der Waals surface area (Å²) in [6.07, 6.45) is 0.0998. The first-order chi connectivity index (χ1) is 8.90. The van der Waals surface area contributed by atoms with E-state index < -0.39 is 13.6 Å². The lowest BCUT2D eigenvalue weighted by atomic mass is 10.1. The highest BCUT2D eigenvalue weighted by molar-refractivity contribution is 7.53. The van der Waals surface area contributed by atoms with E-state index in [2.05, 4.69) is 5.32 Å². The Balaban J connectivity index is 2.98. The van der Waals surface area contributed by atoms with Gasteiger partial charge in [0, 0.05) is 21.1 Å². The standard InChI is InChI=1S/C13H20NO4P/c1-10-5-7-12(8-6-10)13(14-11(2)15)9-19(16,17-3)18-4/h5-8,13H,9H2,1-4H3,(H,14,15)/t13-/m0/s1. The minimum atomic E-state index is -3.19. The van der Waals surface area contributed by atoms with Gasteiger partial charge in [-0.05, 0) is 12.5 Å². The number of amides is 1. The van der Waals surface area contributed by atoms with Gasteiger partial charge in [-0.3, -0.25) is 9.36 Å². The molecule has 1 rings (SSSR count). The lowest BCUT2D eigenvalue weighted by Gasteiger charge is -2.22. The first-order valence-electron chi connectivity index (χ1n) is 5.94. The predicted octanol–water partition coefficient (Wildman–Crippen LogP) is 2.66. The third kappa shape index (κ3) is 4.78. The van der Waals surface area contributed by atoms with Gasteiger partial charge in [0.1, 0.15) is 0 Å². The van der Waals surface area contributed by atoms with Crippen molar-refractivity contribution in [1.82, 2.24) is 5.32 Å². The van der Waals surface area contributed by atoms with Gasteiger partial charge in [0.2, 0.25) is 5.91 Å². The van der Waals surface area contributed by atoms with E-state index in [1.807, 2.05) is 31.2 Å². The number of aryl methyl sites for hydroxylation is 1. The third-order valence-corrected chi connectivity index (χ3v) is 4.74. The molecule has 0 aliphatic heterocycles. The van der Waals surface area contributed by atoms with Crippen LogP contribution in [0.4, 0.5) is 0 Å². The summed E-state index contributed by atoms with van der Waals surface area (Å²) in [5, 5.41) is 2.77. The molecule has 0 saturated heterocycles. The molecule has 19 heavy (non-hydrogen) atoms. The first kappa shape index (κ1) is 15.9. The van der Waals surface area contributed by atoms with Crippen molar-refractivity contribution in [3.8, 4) is 0 Å². The van der Waals surface area contributed by atoms with Gasteiger partial charge in [-0.15, -0.1) is 0 Å². The van der Waals surface area contributed by atoms with Crippen LogP contribution in [0.25, 0.3) is 0 Å². The zero-order valence-corrected chi connectivity index (χ0v) is 12.6. The van der Waals surface area contributed by atoms with Crippen LogP contribution in [0.2, 0.25) is 0 Å². The summed E-state index contributed by atoms with van der Waals surface area (Å²) in [6, 6.07) is 7.27. The molecule has 0 unspecified atom stereocenters. The smallest absolute Gasteiger partial charge is 0.332 e. The summed E-state index contributed by atoms with van der Waals surface area (Å²) in [6.45, 7) is 3.40. The van der Waals surface area contributed by atoms with Crippen molar-refractivity contribution in [2.45, 2.75) is 19.9 Å². The van der Waals surface area contributed by atoms with Crippen molar-refractivity contribution in [3.05, 3.63) is 35.4 Å². The molecular weight excluding hydrogens is 265 g/mol. The molecule has 0 aliphatic rings. The van der Waals surface area contributed by atoms with E-state index in [0.717, 1.165) is 11.1 Å². The Kier molecular flexibility index (Phi) is 5.73. The molecule has 6 heteroatoms. The Labute approximate surface area is 113 Å². The zero-order chi connectivity index (χ0) is 14.5. The summed E-state index contributed by atoms with van der Waals surface area (Å²) >= 11 is 0. The largest absolute Gasteiger partial charge is 0.349 e. The number of carbonyl (C=O) groups is 1. The Morgan fingerprint density at radius 1 is 1.26 bits per heavy atom. The fourth-order valence-electron chi connectivity index (χ4n) is 1.73. The molecule has 0 aromatic heterocycles. The maximum Gasteiger partial charge on any atom is 0.332 e. The monoisotopic (exact) mass is 285 g/mol. The lowest BCUT2D eigenvalue weighted by molar-refractivity contribution is -0.119. The third-order valence-electron chi connectivity index (χ3n) is 2.82. The molecule has 1 aromatic carbocycles. The van der Waals surface area contributed by atoms with Crippen molar-refractivity contribution in [2.75, 3.05) is 20.4 Å². The summed E-state index contributed by atoms with van der Waals surface area (Å²) in [5.41, 5.74) is 1.99. The van der Waals surface area contributed by atoms with Crippen LogP contribution in [0.5, 0.6) is 0 Å². The molecule has 0 fully saturated rings. The first-order valence-corrected chi connectivity index (χ1v) is 7.67. The Hall–Kier alpha value is -1.16. The molecule has 0 aliphatic carbocycles. The Morgan fingerprint density at radius 2 is 1.79 bits per heavy atom. The van der Waals surface area contributed by atoms with Gasteiger partial charge in [-0.2, -0.15) is 0 Å². The summed E-state index contributed by atoms with van der Waals surface area (Å²) in [5.74, 6) is -0.190. The molecule has 0 radical (unpaired) electrons. The number of hydrogen-bond acceptors (Lipinski definition) is 4. The summed E-state index contributed by atoms with van der Waals surface area (Å²) in [4.78, 5) is 11.3. The highest BCUT2D eigenvalue weighted by Crippen LogP contribution is 2.49. The van der Waals surface area contributed by atoms with E-state index in [0.29, 0.717) is 0 Å². The van der Waals surface area contributed by atoms with Crippen molar-refractivity contribution < 1.29 is 18.4 Å². The second-order valence-electron chi connectivity index (χ2n) is 4.32. The number of benzene rings is 1. The Bertz CT molecular complexity index is 464. The van der Waals surface area contributed by atoms with Crippen LogP contribution in [-0.4, -0.2) is 26.3 Å². The number of nitrogens with one attached hydrogen (secondary N) is 1. The fourth-order valence-corrected chi connectivity index (χ4v) is 2.92. The zero-order valence-electron chi connectivity index (χ0n) is 11.7. The van der Waals surface area contributed by atoms with E-state index in [9.17, 15) is 9.36 Å². The predicted molar refractivity (Wildman–Crippen MR) is 74.2 cm³/mol. The molecule has 5 nitrogen and oxygen atoms in total. The molecule has 0 spiro atoms. The van der Waals surface area contributed by atoms with Crippen LogP contribution in [0, 0.1) is 6.92 Å². The van der Waals surface area contributed by atoms with Gasteiger partial charge in [-0.25, -0.2) is 0 Å². The van der Waals surface area contributed by atoms with Crippen molar-refractivity contribution >= 4 is 13.5 Å². The molecule has 1 N–H and O–H groups in total. The van der Waals surface area contributed by atoms with Crippen molar-refractivity contribution in [2.24, 2.45) is 0 Å². The van der Waals surface area contributed by atoms with Gasteiger partial charge < -0.3 is 14.4 Å². The summed E-state index contributed by atoms with van der Waals surface area (Å²) < 4.78 is 22.0. The van der Waals surface area contributed by atoms with Gasteiger partial charge in [0.05, 0.1) is 12.2 Å². The molecule has 1 amide bonds. The molecule has 0 saturated carbocycles. The topological polar surface area (TPSA) is 64.6 Å². The molecule has 1 aromatic rings. The number of rotatable bonds is 6. The van der Waals surface area contributed by atoms with Crippen LogP contribution in [0.15, 0.2) is 24.3 Å². The van der Waals surface area contributed by atoms with Crippen LogP contribution < -0.4 is 5.32 Å². The maximum absolute atomic E-state index is 12.2. The van der Waals surface area contributed by atoms with Crippen LogP contribution in [-0.2, 0) is 18.4 Å². The van der Waals surface area contributed by atoms with Gasteiger partial charge in [-0.1, -0.05) is 29.8 Å². The normalized spacial score (nSPS) is 13.1. The van der Waals surface area contributed by atoms with Gasteiger partial charge >= 0.3 is 7.60 Å². The summed E-state index contributed by atoms with van der Waals surface area (Å²) in [7, 11) is -0.510. The molecule has 1 atom stereocenters. The Morgan fingerprint density at radius 3 is 2.21 bits per heavy atom. The quantitative estimate of drug-likeness (QED) is 0.816. The van der Waals surface area contributed by atoms with E-state index in [4.69, 9.17) is 9.05 Å². The minimum absolute atomic E-state index is 0.0998. The van der Waals surface area contributed by atoms with Gasteiger partial charge in [0.25, 0.3) is 0 Å². The number of carbonyl (C=O) groups excluding carboxylic acids is 1. The molecular formula is C13H20NO4P. The second-order valence-corrected chi connectivity index (χ2v) is 6.64. The van der Waals surface area contributed by atoms with Crippen LogP contribution in [0.3, 0.4) is 0 Å². The molecule has 0 heterocycles. The maximum atomic E-state index is 12.2. The lowest BCUT2D eigenvalue weighted by Crippen LogP contribution is -2.29. The molecule has 106 valence electrons. The van der Waals surface area contributed by atoms with E-state index in [1.54, 1.807) is 0 Å². The highest BCUT2D eigenvalue weighted by atomic mass is 31.2. The number of hydrogen-bond donors (Lipinski definition) is 1. The van der Waals surface area contributed by atoms with Crippen LogP contribution >= 0.6 is 7.60 Å². The van der Waals surface area contributed by atoms with Crippen molar-refractivity contribution in [3.63, 3.8) is 0 Å². The van der Waals surface area contributed by atoms with E-state index in [1.165, 1.54) is 21.1 Å². The van der Waals surface area contributed by atoms with E-state index >= 15 is 0 Å². The fraction of sp³-hybridized carbons (Fsp3) is 0.462. The average Bonchev–Trinajstić information content (AvgIpc) is 2.38. The second kappa shape index (κ2) is 6.85. The van der Waals surface area contributed by atoms with Crippen LogP contribution in [0.1, 0.15) is 24.1 Å². The molecule has 0 bridgehead atoms. The SMILES string of the molecule is COP(=O)(C[C@H](NC(C)=O)c1ccc(C)cc1)OC. The van der Waals surface area contributed by atoms with Gasteiger partial charge in [0.15, 0.2) is 0 Å². The minimum Gasteiger partial charge on any atom is -0.349 e. The average molecular weight is 285 g/mol.